The maximum absolute atomic E-state index is 10.3. The van der Waals surface area contributed by atoms with Crippen LogP contribution in [0.4, 0.5) is 5.69 Å². The Kier molecular flexibility index (Phi) is 3.87. The molecule has 0 saturated heterocycles. The summed E-state index contributed by atoms with van der Waals surface area (Å²) in [6.07, 6.45) is 5.41. The molecule has 0 aliphatic heterocycles. The van der Waals surface area contributed by atoms with Crippen molar-refractivity contribution in [1.82, 2.24) is 0 Å². The van der Waals surface area contributed by atoms with E-state index in [1.807, 2.05) is 24.3 Å². The van der Waals surface area contributed by atoms with Crippen molar-refractivity contribution < 1.29 is 5.11 Å². The molecule has 3 heteroatoms. The van der Waals surface area contributed by atoms with Crippen molar-refractivity contribution in [1.29, 1.82) is 0 Å². The number of anilines is 1. The lowest BCUT2D eigenvalue weighted by Crippen LogP contribution is -2.38. The number of nitrogens with one attached hydrogen (secondary N) is 1. The van der Waals surface area contributed by atoms with Crippen LogP contribution in [0.15, 0.2) is 28.7 Å². The van der Waals surface area contributed by atoms with E-state index in [4.69, 9.17) is 0 Å². The second kappa shape index (κ2) is 5.19. The number of hydrogen-bond donors (Lipinski definition) is 2. The summed E-state index contributed by atoms with van der Waals surface area (Å²) in [7, 11) is 0. The molecule has 2 nitrogen and oxygen atoms in total. The van der Waals surface area contributed by atoms with Crippen LogP contribution in [0.3, 0.4) is 0 Å². The first-order valence-corrected chi connectivity index (χ1v) is 6.69. The topological polar surface area (TPSA) is 32.3 Å². The SMILES string of the molecule is OC1(CNc2cccc(Br)c2)CCCCC1. The molecule has 0 aromatic heterocycles. The first kappa shape index (κ1) is 11.9. The third-order valence-corrected chi connectivity index (χ3v) is 3.72. The molecule has 1 aromatic carbocycles. The fraction of sp³-hybridized carbons (Fsp3) is 0.538. The summed E-state index contributed by atoms with van der Waals surface area (Å²) < 4.78 is 1.06. The van der Waals surface area contributed by atoms with Gasteiger partial charge in [-0.3, -0.25) is 0 Å². The molecule has 0 heterocycles. The van der Waals surface area contributed by atoms with Crippen LogP contribution < -0.4 is 5.32 Å². The van der Waals surface area contributed by atoms with E-state index in [1.165, 1.54) is 6.42 Å². The van der Waals surface area contributed by atoms with Gasteiger partial charge in [-0.15, -0.1) is 0 Å². The molecular weight excluding hydrogens is 266 g/mol. The van der Waals surface area contributed by atoms with Gasteiger partial charge in [0.25, 0.3) is 0 Å². The average molecular weight is 284 g/mol. The molecule has 1 aliphatic rings. The molecular formula is C13H18BrNO. The minimum Gasteiger partial charge on any atom is -0.388 e. The zero-order chi connectivity index (χ0) is 11.4. The van der Waals surface area contributed by atoms with Crippen LogP contribution >= 0.6 is 15.9 Å². The Balaban J connectivity index is 1.91. The van der Waals surface area contributed by atoms with Crippen molar-refractivity contribution in [2.24, 2.45) is 0 Å². The molecule has 2 N–H and O–H groups in total. The Hall–Kier alpha value is -0.540. The van der Waals surface area contributed by atoms with Gasteiger partial charge in [0.2, 0.25) is 0 Å². The van der Waals surface area contributed by atoms with Crippen LogP contribution in [-0.2, 0) is 0 Å². The summed E-state index contributed by atoms with van der Waals surface area (Å²) in [5.74, 6) is 0. The fourth-order valence-electron chi connectivity index (χ4n) is 2.25. The van der Waals surface area contributed by atoms with Crippen LogP contribution in [0, 0.1) is 0 Å². The largest absolute Gasteiger partial charge is 0.388 e. The highest BCUT2D eigenvalue weighted by Crippen LogP contribution is 2.28. The molecule has 0 amide bonds. The predicted molar refractivity (Wildman–Crippen MR) is 70.7 cm³/mol. The van der Waals surface area contributed by atoms with Crippen LogP contribution in [-0.4, -0.2) is 17.3 Å². The molecule has 0 atom stereocenters. The van der Waals surface area contributed by atoms with E-state index in [0.717, 1.165) is 35.8 Å². The molecule has 88 valence electrons. The van der Waals surface area contributed by atoms with E-state index in [9.17, 15) is 5.11 Å². The summed E-state index contributed by atoms with van der Waals surface area (Å²) in [4.78, 5) is 0. The molecule has 16 heavy (non-hydrogen) atoms. The number of rotatable bonds is 3. The van der Waals surface area contributed by atoms with Gasteiger partial charge in [-0.2, -0.15) is 0 Å². The standard InChI is InChI=1S/C13H18BrNO/c14-11-5-4-6-12(9-11)15-10-13(16)7-2-1-3-8-13/h4-6,9,15-16H,1-3,7-8,10H2. The van der Waals surface area contributed by atoms with Gasteiger partial charge < -0.3 is 10.4 Å². The quantitative estimate of drug-likeness (QED) is 0.889. The van der Waals surface area contributed by atoms with Crippen molar-refractivity contribution in [3.05, 3.63) is 28.7 Å². The Morgan fingerprint density at radius 1 is 1.25 bits per heavy atom. The maximum atomic E-state index is 10.3. The van der Waals surface area contributed by atoms with Gasteiger partial charge >= 0.3 is 0 Å². The minimum absolute atomic E-state index is 0.499. The first-order valence-electron chi connectivity index (χ1n) is 5.90. The van der Waals surface area contributed by atoms with Crippen LogP contribution in [0.1, 0.15) is 32.1 Å². The Morgan fingerprint density at radius 2 is 2.00 bits per heavy atom. The van der Waals surface area contributed by atoms with Gasteiger partial charge in [-0.1, -0.05) is 41.3 Å². The number of hydrogen-bond acceptors (Lipinski definition) is 2. The molecule has 0 radical (unpaired) electrons. The van der Waals surface area contributed by atoms with E-state index < -0.39 is 5.60 Å². The van der Waals surface area contributed by atoms with Crippen molar-refractivity contribution >= 4 is 21.6 Å². The van der Waals surface area contributed by atoms with Crippen molar-refractivity contribution in [2.45, 2.75) is 37.7 Å². The Labute approximate surface area is 105 Å². The lowest BCUT2D eigenvalue weighted by molar-refractivity contribution is 0.0167. The highest BCUT2D eigenvalue weighted by molar-refractivity contribution is 9.10. The van der Waals surface area contributed by atoms with Crippen LogP contribution in [0.5, 0.6) is 0 Å². The number of halogens is 1. The minimum atomic E-state index is -0.499. The van der Waals surface area contributed by atoms with Gasteiger partial charge in [-0.05, 0) is 31.0 Å². The van der Waals surface area contributed by atoms with Crippen LogP contribution in [0.2, 0.25) is 0 Å². The lowest BCUT2D eigenvalue weighted by Gasteiger charge is -2.32. The monoisotopic (exact) mass is 283 g/mol. The van der Waals surface area contributed by atoms with Gasteiger partial charge in [0.15, 0.2) is 0 Å². The smallest absolute Gasteiger partial charge is 0.0819 e. The molecule has 1 fully saturated rings. The normalized spacial score (nSPS) is 19.4. The molecule has 2 rings (SSSR count). The molecule has 1 aliphatic carbocycles. The average Bonchev–Trinajstić information content (AvgIpc) is 2.28. The van der Waals surface area contributed by atoms with Gasteiger partial charge in [-0.25, -0.2) is 0 Å². The molecule has 0 bridgehead atoms. The third kappa shape index (κ3) is 3.22. The fourth-order valence-corrected chi connectivity index (χ4v) is 2.65. The maximum Gasteiger partial charge on any atom is 0.0819 e. The Morgan fingerprint density at radius 3 is 2.69 bits per heavy atom. The zero-order valence-electron chi connectivity index (χ0n) is 9.38. The second-order valence-electron chi connectivity index (χ2n) is 4.65. The van der Waals surface area contributed by atoms with Crippen molar-refractivity contribution in [3.63, 3.8) is 0 Å². The molecule has 1 aromatic rings. The predicted octanol–water partition coefficient (Wildman–Crippen LogP) is 3.56. The van der Waals surface area contributed by atoms with E-state index in [1.54, 1.807) is 0 Å². The van der Waals surface area contributed by atoms with E-state index in [2.05, 4.69) is 21.2 Å². The van der Waals surface area contributed by atoms with Crippen molar-refractivity contribution in [2.75, 3.05) is 11.9 Å². The highest BCUT2D eigenvalue weighted by Gasteiger charge is 2.28. The van der Waals surface area contributed by atoms with E-state index in [-0.39, 0.29) is 0 Å². The molecule has 0 unspecified atom stereocenters. The van der Waals surface area contributed by atoms with E-state index in [0.29, 0.717) is 6.54 Å². The summed E-state index contributed by atoms with van der Waals surface area (Å²) in [5.41, 5.74) is 0.564. The summed E-state index contributed by atoms with van der Waals surface area (Å²) in [6.45, 7) is 0.656. The number of benzene rings is 1. The van der Waals surface area contributed by atoms with E-state index >= 15 is 0 Å². The molecule has 0 spiro atoms. The van der Waals surface area contributed by atoms with Gasteiger partial charge in [0.05, 0.1) is 5.60 Å². The number of aliphatic hydroxyl groups is 1. The summed E-state index contributed by atoms with van der Waals surface area (Å²) in [6, 6.07) is 8.06. The molecule has 1 saturated carbocycles. The van der Waals surface area contributed by atoms with Crippen molar-refractivity contribution in [3.8, 4) is 0 Å². The third-order valence-electron chi connectivity index (χ3n) is 3.23. The van der Waals surface area contributed by atoms with Gasteiger partial charge in [0, 0.05) is 16.7 Å². The highest BCUT2D eigenvalue weighted by atomic mass is 79.9. The second-order valence-corrected chi connectivity index (χ2v) is 5.56. The Bertz CT molecular complexity index is 348. The van der Waals surface area contributed by atoms with Crippen LogP contribution in [0.25, 0.3) is 0 Å². The first-order chi connectivity index (χ1) is 7.68. The zero-order valence-corrected chi connectivity index (χ0v) is 11.0. The lowest BCUT2D eigenvalue weighted by atomic mass is 9.85. The van der Waals surface area contributed by atoms with Gasteiger partial charge in [0.1, 0.15) is 0 Å². The summed E-state index contributed by atoms with van der Waals surface area (Å²) >= 11 is 3.44. The summed E-state index contributed by atoms with van der Waals surface area (Å²) in [5, 5.41) is 13.6.